The van der Waals surface area contributed by atoms with Crippen LogP contribution in [-0.4, -0.2) is 59.8 Å². The van der Waals surface area contributed by atoms with E-state index in [0.29, 0.717) is 6.42 Å². The Labute approximate surface area is 159 Å². The Bertz CT molecular complexity index is 717. The van der Waals surface area contributed by atoms with E-state index < -0.39 is 40.7 Å². The maximum atomic E-state index is 11.9. The van der Waals surface area contributed by atoms with Gasteiger partial charge in [0, 0.05) is 19.3 Å². The molecule has 0 radical (unpaired) electrons. The molecule has 2 bridgehead atoms. The fourth-order valence-corrected chi connectivity index (χ4v) is 6.07. The van der Waals surface area contributed by atoms with Gasteiger partial charge in [-0.05, 0) is 26.7 Å². The highest BCUT2D eigenvalue weighted by Gasteiger charge is 2.88. The highest BCUT2D eigenvalue weighted by Crippen LogP contribution is 2.74. The van der Waals surface area contributed by atoms with Crippen LogP contribution in [0, 0.1) is 10.8 Å². The molecule has 4 aliphatic rings. The molecule has 1 N–H and O–H groups in total. The van der Waals surface area contributed by atoms with Crippen LogP contribution in [0.2, 0.25) is 0 Å². The quantitative estimate of drug-likeness (QED) is 0.450. The Morgan fingerprint density at radius 2 is 2.00 bits per heavy atom. The standard InChI is InChI=1S/C20H28O7/c1-10-6-7-19(9-24-12(3)21)14(8-10)26-17-15(23)16(25-13(4)22)18(19,5)20(17)11(2)27-20/h8,11,14-17,23H,6-7,9H2,1-5H3/t11-,14?,15-,16-,17-,18-,19?,20+/m1/s1. The van der Waals surface area contributed by atoms with Crippen LogP contribution in [0.5, 0.6) is 0 Å². The summed E-state index contributed by atoms with van der Waals surface area (Å²) in [5.74, 6) is -0.834. The van der Waals surface area contributed by atoms with Gasteiger partial charge < -0.3 is 24.1 Å². The predicted octanol–water partition coefficient (Wildman–Crippen LogP) is 1.51. The topological polar surface area (TPSA) is 94.6 Å². The summed E-state index contributed by atoms with van der Waals surface area (Å²) in [6.45, 7) is 8.84. The number of carbonyl (C=O) groups is 2. The zero-order valence-electron chi connectivity index (χ0n) is 16.5. The number of hydrogen-bond donors (Lipinski definition) is 1. The Kier molecular flexibility index (Phi) is 4.05. The molecule has 1 spiro atoms. The van der Waals surface area contributed by atoms with Gasteiger partial charge in [0.25, 0.3) is 0 Å². The van der Waals surface area contributed by atoms with Crippen LogP contribution < -0.4 is 0 Å². The maximum absolute atomic E-state index is 11.9. The molecule has 4 rings (SSSR count). The minimum absolute atomic E-state index is 0.127. The normalized spacial score (nSPS) is 50.0. The molecule has 2 aliphatic carbocycles. The van der Waals surface area contributed by atoms with Crippen molar-refractivity contribution in [2.45, 2.75) is 83.6 Å². The molecule has 2 unspecified atom stereocenters. The molecule has 0 aromatic carbocycles. The summed E-state index contributed by atoms with van der Waals surface area (Å²) in [5.41, 5.74) is -0.981. The lowest BCUT2D eigenvalue weighted by atomic mass is 9.50. The van der Waals surface area contributed by atoms with Crippen LogP contribution in [-0.2, 0) is 28.5 Å². The molecule has 0 aromatic heterocycles. The van der Waals surface area contributed by atoms with Crippen LogP contribution >= 0.6 is 0 Å². The van der Waals surface area contributed by atoms with E-state index in [4.69, 9.17) is 18.9 Å². The summed E-state index contributed by atoms with van der Waals surface area (Å²) >= 11 is 0. The van der Waals surface area contributed by atoms with E-state index in [9.17, 15) is 14.7 Å². The molecular weight excluding hydrogens is 352 g/mol. The van der Waals surface area contributed by atoms with Gasteiger partial charge in [-0.3, -0.25) is 9.59 Å². The first-order valence-electron chi connectivity index (χ1n) is 9.59. The fraction of sp³-hybridized carbons (Fsp3) is 0.800. The van der Waals surface area contributed by atoms with Gasteiger partial charge in [0.05, 0.1) is 17.6 Å². The predicted molar refractivity (Wildman–Crippen MR) is 93.7 cm³/mol. The smallest absolute Gasteiger partial charge is 0.303 e. The Morgan fingerprint density at radius 1 is 1.33 bits per heavy atom. The van der Waals surface area contributed by atoms with E-state index in [0.717, 1.165) is 6.42 Å². The number of ether oxygens (including phenoxy) is 4. The second kappa shape index (κ2) is 5.78. The number of carbonyl (C=O) groups excluding carboxylic acids is 2. The number of fused-ring (bicyclic) bond motifs is 2. The lowest BCUT2D eigenvalue weighted by Crippen LogP contribution is -2.67. The summed E-state index contributed by atoms with van der Waals surface area (Å²) in [4.78, 5) is 23.5. The number of allylic oxidation sites excluding steroid dienone is 1. The maximum Gasteiger partial charge on any atom is 0.303 e. The molecule has 3 fully saturated rings. The van der Waals surface area contributed by atoms with Gasteiger partial charge in [-0.1, -0.05) is 18.6 Å². The molecule has 27 heavy (non-hydrogen) atoms. The zero-order chi connectivity index (χ0) is 19.8. The van der Waals surface area contributed by atoms with Gasteiger partial charge in [-0.2, -0.15) is 0 Å². The highest BCUT2D eigenvalue weighted by atomic mass is 16.7. The molecule has 7 heteroatoms. The Balaban J connectivity index is 1.88. The van der Waals surface area contributed by atoms with Gasteiger partial charge in [0.1, 0.15) is 30.5 Å². The van der Waals surface area contributed by atoms with Crippen molar-refractivity contribution in [2.75, 3.05) is 6.61 Å². The van der Waals surface area contributed by atoms with Crippen molar-refractivity contribution in [3.05, 3.63) is 11.6 Å². The molecule has 1 saturated carbocycles. The zero-order valence-corrected chi connectivity index (χ0v) is 16.5. The molecule has 150 valence electrons. The van der Waals surface area contributed by atoms with Gasteiger partial charge in [-0.25, -0.2) is 0 Å². The van der Waals surface area contributed by atoms with Gasteiger partial charge in [-0.15, -0.1) is 0 Å². The van der Waals surface area contributed by atoms with Crippen molar-refractivity contribution in [1.82, 2.24) is 0 Å². The van der Waals surface area contributed by atoms with Crippen LogP contribution in [0.15, 0.2) is 11.6 Å². The van der Waals surface area contributed by atoms with Crippen molar-refractivity contribution in [2.24, 2.45) is 10.8 Å². The van der Waals surface area contributed by atoms with Crippen LogP contribution in [0.25, 0.3) is 0 Å². The number of esters is 2. The summed E-state index contributed by atoms with van der Waals surface area (Å²) in [7, 11) is 0. The van der Waals surface area contributed by atoms with Gasteiger partial charge in [0.2, 0.25) is 0 Å². The van der Waals surface area contributed by atoms with Crippen LogP contribution in [0.4, 0.5) is 0 Å². The molecule has 2 saturated heterocycles. The second-order valence-electron chi connectivity index (χ2n) is 8.70. The van der Waals surface area contributed by atoms with E-state index in [1.807, 2.05) is 20.8 Å². The second-order valence-corrected chi connectivity index (χ2v) is 8.70. The van der Waals surface area contributed by atoms with E-state index in [1.165, 1.54) is 19.4 Å². The molecule has 0 amide bonds. The van der Waals surface area contributed by atoms with E-state index >= 15 is 0 Å². The lowest BCUT2D eigenvalue weighted by Gasteiger charge is -2.58. The SMILES string of the molecule is CC(=O)OCC12CCC(C)=CC1O[C@@H]1[C@H](O)[C@@H](OC(C)=O)[C@@]2(C)[C@@]12O[C@@H]2C. The Morgan fingerprint density at radius 3 is 2.56 bits per heavy atom. The minimum Gasteiger partial charge on any atom is -0.465 e. The first-order valence-corrected chi connectivity index (χ1v) is 9.59. The molecule has 2 heterocycles. The first-order chi connectivity index (χ1) is 12.6. The summed E-state index contributed by atoms with van der Waals surface area (Å²) in [6, 6.07) is 0. The average molecular weight is 380 g/mol. The number of epoxide rings is 1. The van der Waals surface area contributed by atoms with Gasteiger partial charge in [0.15, 0.2) is 0 Å². The molecule has 0 aromatic rings. The highest BCUT2D eigenvalue weighted by molar-refractivity contribution is 5.67. The minimum atomic E-state index is -1.00. The third-order valence-electron chi connectivity index (χ3n) is 7.44. The number of hydrogen-bond acceptors (Lipinski definition) is 7. The molecule has 7 nitrogen and oxygen atoms in total. The summed E-state index contributed by atoms with van der Waals surface area (Å²) in [6.07, 6.45) is 0.672. The molecule has 8 atom stereocenters. The first kappa shape index (κ1) is 18.9. The monoisotopic (exact) mass is 380 g/mol. The lowest BCUT2D eigenvalue weighted by molar-refractivity contribution is -0.234. The van der Waals surface area contributed by atoms with Crippen molar-refractivity contribution >= 4 is 11.9 Å². The van der Waals surface area contributed by atoms with E-state index in [-0.39, 0.29) is 24.8 Å². The number of aliphatic hydroxyl groups excluding tert-OH is 1. The Hall–Kier alpha value is -1.44. The third kappa shape index (κ3) is 2.19. The third-order valence-corrected chi connectivity index (χ3v) is 7.44. The average Bonchev–Trinajstić information content (AvgIpc) is 3.23. The molecular formula is C20H28O7. The van der Waals surface area contributed by atoms with E-state index in [1.54, 1.807) is 0 Å². The van der Waals surface area contributed by atoms with Crippen molar-refractivity contribution in [3.8, 4) is 0 Å². The molecule has 2 aliphatic heterocycles. The summed E-state index contributed by atoms with van der Waals surface area (Å²) < 4.78 is 23.7. The van der Waals surface area contributed by atoms with Crippen molar-refractivity contribution in [1.29, 1.82) is 0 Å². The number of aliphatic hydroxyl groups is 1. The largest absolute Gasteiger partial charge is 0.465 e. The fourth-order valence-electron chi connectivity index (χ4n) is 6.07. The van der Waals surface area contributed by atoms with Crippen molar-refractivity contribution in [3.63, 3.8) is 0 Å². The van der Waals surface area contributed by atoms with Crippen molar-refractivity contribution < 1.29 is 33.6 Å². The van der Waals surface area contributed by atoms with E-state index in [2.05, 4.69) is 6.08 Å². The van der Waals surface area contributed by atoms with Crippen LogP contribution in [0.3, 0.4) is 0 Å². The summed E-state index contributed by atoms with van der Waals surface area (Å²) in [5, 5.41) is 11.1. The number of rotatable bonds is 3. The van der Waals surface area contributed by atoms with Gasteiger partial charge >= 0.3 is 11.9 Å². The van der Waals surface area contributed by atoms with Crippen LogP contribution in [0.1, 0.15) is 47.5 Å².